The molecule has 1 fully saturated rings. The first-order valence-electron chi connectivity index (χ1n) is 19.4. The number of fused-ring (bicyclic) bond motifs is 1. The van der Waals surface area contributed by atoms with Gasteiger partial charge in [-0.05, 0) is 43.2 Å². The Hall–Kier alpha value is -4.20. The average molecular weight is 991 g/mol. The van der Waals surface area contributed by atoms with Gasteiger partial charge < -0.3 is 56.2 Å². The zero-order chi connectivity index (χ0) is 47.9. The van der Waals surface area contributed by atoms with E-state index in [1.165, 1.54) is 13.8 Å². The second-order valence-corrected chi connectivity index (χ2v) is 20.4. The van der Waals surface area contributed by atoms with Crippen LogP contribution in [0.3, 0.4) is 0 Å². The molecule has 11 N–H and O–H groups in total. The summed E-state index contributed by atoms with van der Waals surface area (Å²) >= 11 is 1.02. The highest BCUT2D eigenvalue weighted by Crippen LogP contribution is 2.61. The fourth-order valence-corrected chi connectivity index (χ4v) is 9.71. The predicted octanol–water partition coefficient (Wildman–Crippen LogP) is 2.34. The summed E-state index contributed by atoms with van der Waals surface area (Å²) in [6.07, 6.45) is -7.01. The van der Waals surface area contributed by atoms with Crippen molar-refractivity contribution in [3.05, 3.63) is 71.8 Å². The highest BCUT2D eigenvalue weighted by molar-refractivity contribution is 8.14. The first-order chi connectivity index (χ1) is 30.4. The van der Waals surface area contributed by atoms with Gasteiger partial charge >= 0.3 is 23.5 Å². The molecule has 29 heteroatoms. The number of benzene rings is 2. The lowest BCUT2D eigenvalue weighted by Crippen LogP contribution is -2.46. The molecule has 3 heterocycles. The SMILES string of the molecule is Cc1cccc(Nc2ccccc2C(=O)SCCNC(=O)CCNC(=O)C(O)C(C)(C)COP(=O)(O)OP(=O)(O)OCC2OC(n3cnc4c(N)ncnc43)C(O)C2OP(=O)(O)O)c1C. The van der Waals surface area contributed by atoms with Gasteiger partial charge in [0.1, 0.15) is 36.3 Å². The number of aliphatic hydroxyl groups is 2. The number of phosphoric acid groups is 3. The molecule has 0 spiro atoms. The number of aryl methyl sites for hydroxylation is 1. The summed E-state index contributed by atoms with van der Waals surface area (Å²) in [5.74, 6) is -1.25. The maximum absolute atomic E-state index is 13.0. The summed E-state index contributed by atoms with van der Waals surface area (Å²) in [7, 11) is -16.5. The van der Waals surface area contributed by atoms with E-state index in [2.05, 4.69) is 39.7 Å². The van der Waals surface area contributed by atoms with Gasteiger partial charge in [-0.15, -0.1) is 0 Å². The normalized spacial score (nSPS) is 20.2. The summed E-state index contributed by atoms with van der Waals surface area (Å²) in [4.78, 5) is 89.4. The zero-order valence-electron chi connectivity index (χ0n) is 35.1. The van der Waals surface area contributed by atoms with Crippen LogP contribution in [0.2, 0.25) is 0 Å². The van der Waals surface area contributed by atoms with Gasteiger partial charge in [0.2, 0.25) is 16.9 Å². The largest absolute Gasteiger partial charge is 0.481 e. The molecule has 2 amide bonds. The number of anilines is 3. The number of para-hydroxylation sites is 1. The van der Waals surface area contributed by atoms with Crippen LogP contribution < -0.4 is 21.7 Å². The third kappa shape index (κ3) is 14.2. The standard InChI is InChI=1S/C36H49N8O17P3S/c1-20-8-7-11-23(21(20)2)43-24-10-6-5-9-22(24)35(49)65-15-14-38-26(45)12-13-39-33(48)30(47)36(3,4)17-58-64(55,56)61-63(53,54)57-16-25-29(60-62(50,51)52)28(46)34(59-25)44-19-42-27-31(37)40-18-41-32(27)44/h5-11,18-19,25,28-30,34,43,46-47H,12-17H2,1-4H3,(H,38,45)(H,39,48)(H,53,54)(H,55,56)(H2,37,40,41)(H2,50,51,52). The molecular formula is C36H49N8O17P3S. The van der Waals surface area contributed by atoms with Crippen molar-refractivity contribution in [2.24, 2.45) is 5.41 Å². The molecule has 5 rings (SSSR count). The van der Waals surface area contributed by atoms with Crippen LogP contribution in [0.15, 0.2) is 55.1 Å². The lowest BCUT2D eigenvalue weighted by molar-refractivity contribution is -0.137. The van der Waals surface area contributed by atoms with Crippen molar-refractivity contribution < 1.29 is 80.5 Å². The number of carbonyl (C=O) groups excluding carboxylic acids is 3. The lowest BCUT2D eigenvalue weighted by atomic mass is 9.87. The number of aliphatic hydroxyl groups excluding tert-OH is 2. The van der Waals surface area contributed by atoms with Crippen molar-refractivity contribution in [2.45, 2.75) is 64.8 Å². The number of carbonyl (C=O) groups is 3. The number of nitrogen functional groups attached to an aromatic ring is 1. The van der Waals surface area contributed by atoms with Gasteiger partial charge in [0.05, 0.1) is 30.8 Å². The summed E-state index contributed by atoms with van der Waals surface area (Å²) < 4.78 is 62.5. The molecule has 4 aromatic rings. The Labute approximate surface area is 375 Å². The van der Waals surface area contributed by atoms with Gasteiger partial charge in [-0.1, -0.05) is 49.9 Å². The quantitative estimate of drug-likeness (QED) is 0.0399. The highest BCUT2D eigenvalue weighted by Gasteiger charge is 2.50. The number of amides is 2. The van der Waals surface area contributed by atoms with E-state index in [0.717, 1.165) is 45.8 Å². The third-order valence-electron chi connectivity index (χ3n) is 9.76. The molecule has 1 saturated heterocycles. The first-order valence-corrected chi connectivity index (χ1v) is 24.9. The number of nitrogens with one attached hydrogen (secondary N) is 3. The second kappa shape index (κ2) is 21.6. The van der Waals surface area contributed by atoms with Crippen LogP contribution in [0.25, 0.3) is 11.2 Å². The summed E-state index contributed by atoms with van der Waals surface area (Å²) in [6.45, 7) is 4.35. The van der Waals surface area contributed by atoms with Gasteiger partial charge in [-0.3, -0.25) is 32.5 Å². The van der Waals surface area contributed by atoms with E-state index in [0.29, 0.717) is 11.3 Å². The van der Waals surface area contributed by atoms with Crippen LogP contribution >= 0.6 is 35.2 Å². The van der Waals surface area contributed by atoms with Crippen molar-refractivity contribution in [2.75, 3.05) is 43.1 Å². The van der Waals surface area contributed by atoms with Crippen molar-refractivity contribution >= 4 is 80.5 Å². The fourth-order valence-electron chi connectivity index (χ4n) is 6.15. The average Bonchev–Trinajstić information content (AvgIpc) is 3.79. The van der Waals surface area contributed by atoms with Gasteiger partial charge in [0.15, 0.2) is 17.7 Å². The smallest absolute Gasteiger partial charge is 0.386 e. The van der Waals surface area contributed by atoms with E-state index in [1.54, 1.807) is 18.2 Å². The third-order valence-corrected chi connectivity index (χ3v) is 13.7. The van der Waals surface area contributed by atoms with E-state index in [-0.39, 0.29) is 47.4 Å². The minimum atomic E-state index is -5.59. The highest BCUT2D eigenvalue weighted by atomic mass is 32.2. The molecule has 0 saturated carbocycles. The molecule has 7 unspecified atom stereocenters. The van der Waals surface area contributed by atoms with Gasteiger partial charge in [0, 0.05) is 36.4 Å². The number of aromatic nitrogens is 4. The Morgan fingerprint density at radius 2 is 1.65 bits per heavy atom. The van der Waals surface area contributed by atoms with Crippen molar-refractivity contribution in [3.8, 4) is 0 Å². The molecule has 0 bridgehead atoms. The lowest BCUT2D eigenvalue weighted by Gasteiger charge is -2.30. The molecule has 2 aromatic heterocycles. The number of rotatable bonds is 22. The van der Waals surface area contributed by atoms with E-state index < -0.39 is 84.6 Å². The number of imidazole rings is 1. The Morgan fingerprint density at radius 3 is 2.37 bits per heavy atom. The molecular weight excluding hydrogens is 941 g/mol. The van der Waals surface area contributed by atoms with Crippen LogP contribution in [-0.2, 0) is 45.9 Å². The van der Waals surface area contributed by atoms with Gasteiger partial charge in [-0.25, -0.2) is 28.6 Å². The number of nitrogens with zero attached hydrogens (tertiary/aromatic N) is 4. The van der Waals surface area contributed by atoms with Crippen LogP contribution in [0.1, 0.15) is 48.0 Å². The number of ether oxygens (including phenoxy) is 1. The number of phosphoric ester groups is 3. The number of thioether (sulfide) groups is 1. The molecule has 356 valence electrons. The second-order valence-electron chi connectivity index (χ2n) is 15.1. The van der Waals surface area contributed by atoms with Crippen LogP contribution in [0.5, 0.6) is 0 Å². The van der Waals surface area contributed by atoms with Gasteiger partial charge in [0.25, 0.3) is 0 Å². The topological polar surface area (TPSA) is 376 Å². The summed E-state index contributed by atoms with van der Waals surface area (Å²) in [5, 5.41) is 29.7. The maximum atomic E-state index is 13.0. The van der Waals surface area contributed by atoms with Crippen molar-refractivity contribution in [3.63, 3.8) is 0 Å². The molecule has 1 aliphatic rings. The molecule has 25 nitrogen and oxygen atoms in total. The minimum Gasteiger partial charge on any atom is -0.386 e. The van der Waals surface area contributed by atoms with Crippen molar-refractivity contribution in [1.82, 2.24) is 30.2 Å². The van der Waals surface area contributed by atoms with E-state index in [9.17, 15) is 57.9 Å². The molecule has 7 atom stereocenters. The zero-order valence-corrected chi connectivity index (χ0v) is 38.6. The molecule has 1 aliphatic heterocycles. The molecule has 0 aliphatic carbocycles. The molecule has 65 heavy (non-hydrogen) atoms. The Morgan fingerprint density at radius 1 is 0.954 bits per heavy atom. The summed E-state index contributed by atoms with van der Waals surface area (Å²) in [6, 6.07) is 12.9. The van der Waals surface area contributed by atoms with E-state index in [1.807, 2.05) is 38.1 Å². The number of hydrogen-bond acceptors (Lipinski definition) is 19. The predicted molar refractivity (Wildman–Crippen MR) is 232 cm³/mol. The van der Waals surface area contributed by atoms with Crippen LogP contribution in [0.4, 0.5) is 17.2 Å². The molecule has 0 radical (unpaired) electrons. The minimum absolute atomic E-state index is 0.0267. The monoisotopic (exact) mass is 990 g/mol. The first kappa shape index (κ1) is 51.8. The fraction of sp³-hybridized carbons (Fsp3) is 0.444. The Bertz CT molecular complexity index is 2510. The van der Waals surface area contributed by atoms with Crippen LogP contribution in [0, 0.1) is 19.3 Å². The van der Waals surface area contributed by atoms with Crippen molar-refractivity contribution in [1.29, 1.82) is 0 Å². The Balaban J connectivity index is 1.04. The van der Waals surface area contributed by atoms with E-state index >= 15 is 0 Å². The van der Waals surface area contributed by atoms with Gasteiger partial charge in [-0.2, -0.15) is 4.31 Å². The van der Waals surface area contributed by atoms with E-state index in [4.69, 9.17) is 19.5 Å². The maximum Gasteiger partial charge on any atom is 0.481 e. The van der Waals surface area contributed by atoms with Crippen LogP contribution in [-0.4, -0.2) is 123 Å². The number of nitrogens with two attached hydrogens (primary N) is 1. The summed E-state index contributed by atoms with van der Waals surface area (Å²) in [5.41, 5.74) is 8.37. The molecule has 2 aromatic carbocycles. The Kier molecular flexibility index (Phi) is 17.2. The number of hydrogen-bond donors (Lipinski definition) is 10.